The van der Waals surface area contributed by atoms with Crippen molar-refractivity contribution in [2.24, 2.45) is 0 Å². The first kappa shape index (κ1) is 6.74. The molecule has 0 rings (SSSR count). The van der Waals surface area contributed by atoms with Crippen molar-refractivity contribution in [1.29, 1.82) is 0 Å². The summed E-state index contributed by atoms with van der Waals surface area (Å²) in [4.78, 5) is 0. The van der Waals surface area contributed by atoms with Gasteiger partial charge in [0.2, 0.25) is 0 Å². The monoisotopic (exact) mass is 97.1 g/mol. The van der Waals surface area contributed by atoms with Gasteiger partial charge in [-0.15, -0.1) is 0 Å². The van der Waals surface area contributed by atoms with Crippen molar-refractivity contribution in [3.8, 4) is 0 Å². The molecule has 0 heteroatoms. The predicted molar refractivity (Wildman–Crippen MR) is 34.0 cm³/mol. The van der Waals surface area contributed by atoms with E-state index < -0.39 is 0 Å². The minimum Gasteiger partial charge on any atom is -0.0799 e. The molecule has 1 radical (unpaired) electrons. The summed E-state index contributed by atoms with van der Waals surface area (Å²) in [6.45, 7) is 8.42. The van der Waals surface area contributed by atoms with E-state index in [9.17, 15) is 0 Å². The van der Waals surface area contributed by atoms with Gasteiger partial charge in [-0.3, -0.25) is 0 Å². The van der Waals surface area contributed by atoms with Crippen LogP contribution in [0.1, 0.15) is 27.7 Å². The largest absolute Gasteiger partial charge is 0.0799 e. The fourth-order valence-electron chi connectivity index (χ4n) is 0.577. The maximum atomic E-state index is 2.17. The van der Waals surface area contributed by atoms with E-state index in [1.54, 1.807) is 0 Å². The maximum absolute atomic E-state index is 2.17. The zero-order valence-electron chi connectivity index (χ0n) is 5.58. The molecule has 0 saturated carbocycles. The Morgan fingerprint density at radius 1 is 1.00 bits per heavy atom. The van der Waals surface area contributed by atoms with Crippen LogP contribution in [0.5, 0.6) is 0 Å². The standard InChI is InChI=1S/C7H13/c1-6(2)5-7(3)4/h5H,1-4H3. The van der Waals surface area contributed by atoms with Gasteiger partial charge in [-0.2, -0.15) is 0 Å². The zero-order valence-corrected chi connectivity index (χ0v) is 5.58. The van der Waals surface area contributed by atoms with Gasteiger partial charge < -0.3 is 0 Å². The summed E-state index contributed by atoms with van der Waals surface area (Å²) in [6, 6.07) is 0. The van der Waals surface area contributed by atoms with Crippen LogP contribution in [-0.4, -0.2) is 0 Å². The first-order chi connectivity index (χ1) is 3.13. The summed E-state index contributed by atoms with van der Waals surface area (Å²) in [7, 11) is 0. The quantitative estimate of drug-likeness (QED) is 0.471. The Balaban J connectivity index is 3.45. The van der Waals surface area contributed by atoms with Gasteiger partial charge in [0.05, 0.1) is 0 Å². The molecule has 0 bridgehead atoms. The van der Waals surface area contributed by atoms with E-state index in [4.69, 9.17) is 0 Å². The van der Waals surface area contributed by atoms with Crippen LogP contribution in [0.4, 0.5) is 0 Å². The fourth-order valence-corrected chi connectivity index (χ4v) is 0.577. The molecule has 0 aliphatic carbocycles. The van der Waals surface area contributed by atoms with E-state index in [0.717, 1.165) is 0 Å². The molecule has 0 fully saturated rings. The first-order valence-corrected chi connectivity index (χ1v) is 2.58. The predicted octanol–water partition coefficient (Wildman–Crippen LogP) is 2.57. The van der Waals surface area contributed by atoms with Crippen LogP contribution in [0, 0.1) is 5.92 Å². The summed E-state index contributed by atoms with van der Waals surface area (Å²) in [5, 5.41) is 0. The van der Waals surface area contributed by atoms with Gasteiger partial charge in [-0.1, -0.05) is 25.5 Å². The lowest BCUT2D eigenvalue weighted by Gasteiger charge is -1.92. The van der Waals surface area contributed by atoms with E-state index >= 15 is 0 Å². The fraction of sp³-hybridized carbons (Fsp3) is 0.571. The lowest BCUT2D eigenvalue weighted by molar-refractivity contribution is 1.17. The van der Waals surface area contributed by atoms with Gasteiger partial charge in [-0.05, 0) is 19.8 Å². The molecule has 0 spiro atoms. The van der Waals surface area contributed by atoms with E-state index in [1.165, 1.54) is 11.5 Å². The Morgan fingerprint density at radius 3 is 1.43 bits per heavy atom. The van der Waals surface area contributed by atoms with Crippen LogP contribution in [-0.2, 0) is 0 Å². The van der Waals surface area contributed by atoms with E-state index in [2.05, 4.69) is 33.8 Å². The highest BCUT2D eigenvalue weighted by Gasteiger charge is 1.83. The third-order valence-corrected chi connectivity index (χ3v) is 0.577. The second kappa shape index (κ2) is 2.84. The molecule has 0 amide bonds. The highest BCUT2D eigenvalue weighted by molar-refractivity contribution is 5.09. The minimum absolute atomic E-state index is 1.38. The number of hydrogen-bond acceptors (Lipinski definition) is 0. The zero-order chi connectivity index (χ0) is 5.86. The molecule has 0 heterocycles. The van der Waals surface area contributed by atoms with Crippen molar-refractivity contribution in [1.82, 2.24) is 0 Å². The Morgan fingerprint density at radius 2 is 1.43 bits per heavy atom. The summed E-state index contributed by atoms with van der Waals surface area (Å²) >= 11 is 0. The van der Waals surface area contributed by atoms with Crippen LogP contribution in [0.2, 0.25) is 0 Å². The smallest absolute Gasteiger partial charge is 0.00866 e. The number of hydrogen-bond donors (Lipinski definition) is 0. The van der Waals surface area contributed by atoms with Crippen molar-refractivity contribution in [2.75, 3.05) is 0 Å². The molecule has 0 aromatic carbocycles. The molecule has 41 valence electrons. The maximum Gasteiger partial charge on any atom is -0.00866 e. The normalized spacial score (nSPS) is 9.29. The molecular formula is C7H13. The van der Waals surface area contributed by atoms with Gasteiger partial charge in [0.15, 0.2) is 0 Å². The van der Waals surface area contributed by atoms with Crippen LogP contribution in [0.3, 0.4) is 0 Å². The molecular weight excluding hydrogens is 84.1 g/mol. The SMILES string of the molecule is C[C](C)C=C(C)C. The van der Waals surface area contributed by atoms with Crippen LogP contribution in [0.25, 0.3) is 0 Å². The summed E-state index contributed by atoms with van der Waals surface area (Å²) < 4.78 is 0. The molecule has 0 nitrogen and oxygen atoms in total. The molecule has 0 aliphatic rings. The Hall–Kier alpha value is -0.260. The Kier molecular flexibility index (Phi) is 2.73. The third kappa shape index (κ3) is 5.74. The van der Waals surface area contributed by atoms with Crippen molar-refractivity contribution in [2.45, 2.75) is 27.7 Å². The first-order valence-electron chi connectivity index (χ1n) is 2.58. The molecule has 0 saturated heterocycles. The van der Waals surface area contributed by atoms with Gasteiger partial charge >= 0.3 is 0 Å². The van der Waals surface area contributed by atoms with Gasteiger partial charge in [0, 0.05) is 0 Å². The van der Waals surface area contributed by atoms with Crippen molar-refractivity contribution in [3.05, 3.63) is 17.6 Å². The van der Waals surface area contributed by atoms with Crippen molar-refractivity contribution < 1.29 is 0 Å². The van der Waals surface area contributed by atoms with Crippen molar-refractivity contribution >= 4 is 0 Å². The van der Waals surface area contributed by atoms with Crippen LogP contribution < -0.4 is 0 Å². The minimum atomic E-state index is 1.38. The van der Waals surface area contributed by atoms with E-state index in [-0.39, 0.29) is 0 Å². The van der Waals surface area contributed by atoms with Gasteiger partial charge in [0.25, 0.3) is 0 Å². The molecule has 7 heavy (non-hydrogen) atoms. The molecule has 0 N–H and O–H groups in total. The second-order valence-electron chi connectivity index (χ2n) is 2.30. The van der Waals surface area contributed by atoms with E-state index in [1.807, 2.05) is 0 Å². The van der Waals surface area contributed by atoms with Crippen LogP contribution >= 0.6 is 0 Å². The lowest BCUT2D eigenvalue weighted by Crippen LogP contribution is -1.74. The Labute approximate surface area is 46.2 Å². The second-order valence-corrected chi connectivity index (χ2v) is 2.30. The number of rotatable bonds is 1. The van der Waals surface area contributed by atoms with Crippen LogP contribution in [0.15, 0.2) is 11.6 Å². The van der Waals surface area contributed by atoms with Gasteiger partial charge in [-0.25, -0.2) is 0 Å². The van der Waals surface area contributed by atoms with Crippen molar-refractivity contribution in [3.63, 3.8) is 0 Å². The molecule has 0 aliphatic heterocycles. The lowest BCUT2D eigenvalue weighted by atomic mass is 10.1. The topological polar surface area (TPSA) is 0 Å². The Bertz CT molecular complexity index is 64.1. The summed E-state index contributed by atoms with van der Waals surface area (Å²) in [5.41, 5.74) is 1.38. The van der Waals surface area contributed by atoms with E-state index in [0.29, 0.717) is 0 Å². The van der Waals surface area contributed by atoms with Gasteiger partial charge in [0.1, 0.15) is 0 Å². The summed E-state index contributed by atoms with van der Waals surface area (Å²) in [6.07, 6.45) is 2.17. The molecule has 0 aromatic rings. The molecule has 0 aromatic heterocycles. The summed E-state index contributed by atoms with van der Waals surface area (Å²) in [5.74, 6) is 1.38. The molecule has 0 unspecified atom stereocenters. The highest BCUT2D eigenvalue weighted by atomic mass is 13.9. The highest BCUT2D eigenvalue weighted by Crippen LogP contribution is 2.00. The third-order valence-electron chi connectivity index (χ3n) is 0.577. The number of allylic oxidation sites excluding steroid dienone is 2. The molecule has 0 atom stereocenters. The average molecular weight is 97.2 g/mol. The average Bonchev–Trinajstić information content (AvgIpc) is 1.27.